The van der Waals surface area contributed by atoms with Gasteiger partial charge in [-0.15, -0.1) is 0 Å². The van der Waals surface area contributed by atoms with Gasteiger partial charge in [-0.1, -0.05) is 39.8 Å². The summed E-state index contributed by atoms with van der Waals surface area (Å²) >= 11 is 0. The molecule has 180 valence electrons. The minimum Gasteiger partial charge on any atom is -0.466 e. The zero-order chi connectivity index (χ0) is 24.6. The summed E-state index contributed by atoms with van der Waals surface area (Å²) in [4.78, 5) is 38.6. The Balaban J connectivity index is 2.19. The fourth-order valence-corrected chi connectivity index (χ4v) is 3.31. The lowest BCUT2D eigenvalue weighted by molar-refractivity contribution is -0.145. The van der Waals surface area contributed by atoms with Gasteiger partial charge in [0, 0.05) is 24.4 Å². The summed E-state index contributed by atoms with van der Waals surface area (Å²) in [5.41, 5.74) is 2.57. The van der Waals surface area contributed by atoms with E-state index in [1.54, 1.807) is 11.6 Å². The normalized spacial score (nSPS) is 11.2. The molecule has 1 heterocycles. The third-order valence-corrected chi connectivity index (χ3v) is 5.02. The van der Waals surface area contributed by atoms with Crippen molar-refractivity contribution in [2.75, 3.05) is 25.0 Å². The number of nitrogens with zero attached hydrogens (tertiary/aromatic N) is 3. The Morgan fingerprint density at radius 1 is 1.12 bits per heavy atom. The molecule has 2 aromatic rings. The first-order valence-corrected chi connectivity index (χ1v) is 11.5. The van der Waals surface area contributed by atoms with Crippen molar-refractivity contribution >= 4 is 23.6 Å². The van der Waals surface area contributed by atoms with E-state index in [1.807, 2.05) is 44.2 Å². The minimum atomic E-state index is -0.413. The largest absolute Gasteiger partial charge is 0.466 e. The van der Waals surface area contributed by atoms with Gasteiger partial charge in [0.2, 0.25) is 11.8 Å². The lowest BCUT2D eigenvalue weighted by Crippen LogP contribution is -2.39. The smallest absolute Gasteiger partial charge is 0.306 e. The molecule has 0 saturated heterocycles. The molecule has 1 N–H and O–H groups in total. The van der Waals surface area contributed by atoms with Gasteiger partial charge < -0.3 is 15.0 Å². The molecule has 0 radical (unpaired) electrons. The van der Waals surface area contributed by atoms with E-state index in [1.165, 1.54) is 4.90 Å². The van der Waals surface area contributed by atoms with Crippen molar-refractivity contribution < 1.29 is 19.1 Å². The van der Waals surface area contributed by atoms with Gasteiger partial charge in [-0.05, 0) is 38.0 Å². The van der Waals surface area contributed by atoms with Gasteiger partial charge in [0.15, 0.2) is 0 Å². The van der Waals surface area contributed by atoms with E-state index in [9.17, 15) is 14.4 Å². The molecular formula is C25H36N4O4. The summed E-state index contributed by atoms with van der Waals surface area (Å²) in [5.74, 6) is -0.431. The molecule has 0 aliphatic rings. The van der Waals surface area contributed by atoms with E-state index >= 15 is 0 Å². The van der Waals surface area contributed by atoms with Gasteiger partial charge in [0.1, 0.15) is 5.82 Å². The number of carbonyl (C=O) groups is 3. The predicted octanol–water partition coefficient (Wildman–Crippen LogP) is 4.00. The molecule has 2 rings (SSSR count). The quantitative estimate of drug-likeness (QED) is 0.546. The zero-order valence-corrected chi connectivity index (χ0v) is 20.6. The van der Waals surface area contributed by atoms with Crippen molar-refractivity contribution in [3.63, 3.8) is 0 Å². The molecular weight excluding hydrogens is 420 g/mol. The summed E-state index contributed by atoms with van der Waals surface area (Å²) in [6, 6.07) is 9.75. The van der Waals surface area contributed by atoms with Crippen LogP contribution in [0.25, 0.3) is 5.69 Å². The first-order valence-electron chi connectivity index (χ1n) is 11.5. The number of carbonyl (C=O) groups excluding carboxylic acids is 3. The van der Waals surface area contributed by atoms with Gasteiger partial charge in [-0.3, -0.25) is 14.4 Å². The van der Waals surface area contributed by atoms with Crippen LogP contribution < -0.4 is 5.32 Å². The Morgan fingerprint density at radius 3 is 2.45 bits per heavy atom. The number of hydrogen-bond donors (Lipinski definition) is 1. The second kappa shape index (κ2) is 11.6. The Bertz CT molecular complexity index is 975. The Hall–Kier alpha value is -3.16. The van der Waals surface area contributed by atoms with Crippen LogP contribution in [0.5, 0.6) is 0 Å². The highest BCUT2D eigenvalue weighted by molar-refractivity contribution is 5.94. The maximum atomic E-state index is 12.9. The van der Waals surface area contributed by atoms with Crippen LogP contribution in [0.4, 0.5) is 5.82 Å². The summed E-state index contributed by atoms with van der Waals surface area (Å²) in [5, 5.41) is 7.66. The van der Waals surface area contributed by atoms with E-state index in [4.69, 9.17) is 9.84 Å². The molecule has 0 saturated carbocycles. The lowest BCUT2D eigenvalue weighted by atomic mass is 9.92. The second-order valence-electron chi connectivity index (χ2n) is 9.08. The highest BCUT2D eigenvalue weighted by Gasteiger charge is 2.23. The predicted molar refractivity (Wildman–Crippen MR) is 128 cm³/mol. The van der Waals surface area contributed by atoms with Crippen molar-refractivity contribution in [2.24, 2.45) is 0 Å². The van der Waals surface area contributed by atoms with Gasteiger partial charge in [-0.25, -0.2) is 4.68 Å². The van der Waals surface area contributed by atoms with Gasteiger partial charge in [-0.2, -0.15) is 5.10 Å². The number of rotatable bonds is 10. The van der Waals surface area contributed by atoms with Crippen LogP contribution in [0.15, 0.2) is 30.3 Å². The number of anilines is 1. The van der Waals surface area contributed by atoms with Crippen LogP contribution in [-0.4, -0.2) is 52.2 Å². The second-order valence-corrected chi connectivity index (χ2v) is 9.08. The van der Waals surface area contributed by atoms with Crippen molar-refractivity contribution in [1.29, 1.82) is 0 Å². The number of benzene rings is 1. The minimum absolute atomic E-state index is 0.00355. The summed E-state index contributed by atoms with van der Waals surface area (Å²) in [6.45, 7) is 12.5. The molecule has 0 atom stereocenters. The SMILES string of the molecule is CCCN(CC(=O)Nc1cc(C(C)(C)C)nn1-c1cccc(C)c1)C(=O)CCC(=O)OCC. The van der Waals surface area contributed by atoms with Crippen molar-refractivity contribution in [3.05, 3.63) is 41.6 Å². The highest BCUT2D eigenvalue weighted by atomic mass is 16.5. The monoisotopic (exact) mass is 456 g/mol. The molecule has 2 amide bonds. The first kappa shape index (κ1) is 26.1. The number of hydrogen-bond acceptors (Lipinski definition) is 5. The van der Waals surface area contributed by atoms with Gasteiger partial charge >= 0.3 is 5.97 Å². The number of nitrogens with one attached hydrogen (secondary N) is 1. The third-order valence-electron chi connectivity index (χ3n) is 5.02. The number of aryl methyl sites for hydroxylation is 1. The van der Waals surface area contributed by atoms with Crippen LogP contribution in [0, 0.1) is 6.92 Å². The maximum Gasteiger partial charge on any atom is 0.306 e. The molecule has 33 heavy (non-hydrogen) atoms. The van der Waals surface area contributed by atoms with Crippen molar-refractivity contribution in [1.82, 2.24) is 14.7 Å². The van der Waals surface area contributed by atoms with Crippen LogP contribution >= 0.6 is 0 Å². The fourth-order valence-electron chi connectivity index (χ4n) is 3.31. The van der Waals surface area contributed by atoms with Crippen LogP contribution in [0.2, 0.25) is 0 Å². The molecule has 8 heteroatoms. The molecule has 1 aromatic carbocycles. The molecule has 8 nitrogen and oxygen atoms in total. The maximum absolute atomic E-state index is 12.9. The first-order chi connectivity index (χ1) is 15.5. The van der Waals surface area contributed by atoms with Crippen LogP contribution in [-0.2, 0) is 24.5 Å². The molecule has 0 unspecified atom stereocenters. The molecule has 0 spiro atoms. The average Bonchev–Trinajstić information content (AvgIpc) is 3.16. The molecule has 0 bridgehead atoms. The number of aromatic nitrogens is 2. The molecule has 1 aromatic heterocycles. The Morgan fingerprint density at radius 2 is 1.85 bits per heavy atom. The Labute approximate surface area is 196 Å². The molecule has 0 fully saturated rings. The topological polar surface area (TPSA) is 93.5 Å². The van der Waals surface area contributed by atoms with E-state index in [0.29, 0.717) is 18.8 Å². The number of esters is 1. The standard InChI is InChI=1S/C25H36N4O4/c1-7-14-28(23(31)12-13-24(32)33-8-2)17-22(30)26-21-16-20(25(4,5)6)27-29(21)19-11-9-10-18(3)15-19/h9-11,15-16H,7-8,12-14,17H2,1-6H3,(H,26,30). The van der Waals surface area contributed by atoms with E-state index in [2.05, 4.69) is 26.1 Å². The van der Waals surface area contributed by atoms with Gasteiger partial charge in [0.05, 0.1) is 31.0 Å². The fraction of sp³-hybridized carbons (Fsp3) is 0.520. The summed E-state index contributed by atoms with van der Waals surface area (Å²) in [6.07, 6.45) is 0.721. The molecule has 0 aliphatic carbocycles. The van der Waals surface area contributed by atoms with E-state index in [0.717, 1.165) is 16.9 Å². The Kier molecular flexibility index (Phi) is 9.20. The highest BCUT2D eigenvalue weighted by Crippen LogP contribution is 2.26. The lowest BCUT2D eigenvalue weighted by Gasteiger charge is -2.21. The van der Waals surface area contributed by atoms with Crippen molar-refractivity contribution in [2.45, 2.75) is 66.2 Å². The average molecular weight is 457 g/mol. The van der Waals surface area contributed by atoms with Crippen LogP contribution in [0.1, 0.15) is 65.1 Å². The summed E-state index contributed by atoms with van der Waals surface area (Å²) < 4.78 is 6.61. The van der Waals surface area contributed by atoms with E-state index < -0.39 is 5.97 Å². The van der Waals surface area contributed by atoms with E-state index in [-0.39, 0.29) is 43.2 Å². The number of amides is 2. The zero-order valence-electron chi connectivity index (χ0n) is 20.6. The summed E-state index contributed by atoms with van der Waals surface area (Å²) in [7, 11) is 0. The van der Waals surface area contributed by atoms with Crippen LogP contribution in [0.3, 0.4) is 0 Å². The number of ether oxygens (including phenoxy) is 1. The third kappa shape index (κ3) is 7.73. The van der Waals surface area contributed by atoms with Crippen molar-refractivity contribution in [3.8, 4) is 5.69 Å². The van der Waals surface area contributed by atoms with Gasteiger partial charge in [0.25, 0.3) is 0 Å². The molecule has 0 aliphatic heterocycles.